The Labute approximate surface area is 177 Å². The summed E-state index contributed by atoms with van der Waals surface area (Å²) in [6, 6.07) is 12.5. The number of carbonyl (C=O) groups excluding carboxylic acids is 2. The van der Waals surface area contributed by atoms with Crippen molar-refractivity contribution in [3.05, 3.63) is 77.4 Å². The molecule has 3 aromatic rings. The molecule has 2 aromatic heterocycles. The molecule has 3 heterocycles. The molecule has 0 radical (unpaired) electrons. The summed E-state index contributed by atoms with van der Waals surface area (Å²) in [6.45, 7) is 0. The molecule has 1 fully saturated rings. The summed E-state index contributed by atoms with van der Waals surface area (Å²) in [7, 11) is 0. The van der Waals surface area contributed by atoms with Crippen molar-refractivity contribution in [2.75, 3.05) is 5.32 Å². The molecule has 2 N–H and O–H groups in total. The Bertz CT molecular complexity index is 1170. The van der Waals surface area contributed by atoms with Crippen molar-refractivity contribution in [1.29, 1.82) is 0 Å². The van der Waals surface area contributed by atoms with Crippen molar-refractivity contribution in [3.8, 4) is 5.69 Å². The molecule has 9 nitrogen and oxygen atoms in total. The van der Waals surface area contributed by atoms with Crippen molar-refractivity contribution >= 4 is 17.7 Å². The minimum absolute atomic E-state index is 0.0820. The predicted molar refractivity (Wildman–Crippen MR) is 108 cm³/mol. The molecule has 31 heavy (non-hydrogen) atoms. The number of hydrogen-bond acceptors (Lipinski definition) is 6. The molecule has 1 aliphatic carbocycles. The van der Waals surface area contributed by atoms with E-state index in [1.165, 1.54) is 18.5 Å². The lowest BCUT2D eigenvalue weighted by Gasteiger charge is -2.39. The van der Waals surface area contributed by atoms with Gasteiger partial charge in [-0.1, -0.05) is 18.2 Å². The average molecular weight is 420 g/mol. The number of nitrogens with zero attached hydrogens (tertiary/aromatic N) is 3. The molecule has 9 heteroatoms. The number of pyridine rings is 1. The highest BCUT2D eigenvalue weighted by Crippen LogP contribution is 2.48. The van der Waals surface area contributed by atoms with Crippen LogP contribution in [-0.2, 0) is 15.1 Å². The van der Waals surface area contributed by atoms with Crippen LogP contribution in [0.3, 0.4) is 0 Å². The summed E-state index contributed by atoms with van der Waals surface area (Å²) < 4.78 is 7.86. The van der Waals surface area contributed by atoms with E-state index in [9.17, 15) is 19.9 Å². The number of aromatic nitrogens is 3. The Morgan fingerprint density at radius 2 is 1.90 bits per heavy atom. The molecule has 0 saturated heterocycles. The van der Waals surface area contributed by atoms with Crippen LogP contribution in [0.25, 0.3) is 5.69 Å². The fraction of sp³-hybridized carbons (Fsp3) is 0.273. The Hall–Kier alpha value is -3.72. The zero-order valence-corrected chi connectivity index (χ0v) is 16.5. The highest BCUT2D eigenvalue weighted by atomic mass is 16.6. The Morgan fingerprint density at radius 1 is 1.16 bits per heavy atom. The maximum atomic E-state index is 12.8. The van der Waals surface area contributed by atoms with Crippen LogP contribution in [0.1, 0.15) is 41.6 Å². The van der Waals surface area contributed by atoms with E-state index < -0.39 is 23.1 Å². The number of nitrogens with one attached hydrogen (secondary N) is 1. The average Bonchev–Trinajstić information content (AvgIpc) is 3.34. The largest absolute Gasteiger partial charge is 0.619 e. The monoisotopic (exact) mass is 420 g/mol. The van der Waals surface area contributed by atoms with Crippen molar-refractivity contribution in [2.24, 2.45) is 0 Å². The Morgan fingerprint density at radius 3 is 2.65 bits per heavy atom. The predicted octanol–water partition coefficient (Wildman–Crippen LogP) is 1.82. The van der Waals surface area contributed by atoms with Gasteiger partial charge in [0.25, 0.3) is 5.91 Å². The van der Waals surface area contributed by atoms with Crippen molar-refractivity contribution in [2.45, 2.75) is 36.9 Å². The first kappa shape index (κ1) is 19.3. The van der Waals surface area contributed by atoms with Gasteiger partial charge in [-0.3, -0.25) is 4.79 Å². The molecule has 5 rings (SSSR count). The van der Waals surface area contributed by atoms with E-state index in [4.69, 9.17) is 4.74 Å². The zero-order valence-electron chi connectivity index (χ0n) is 16.5. The minimum atomic E-state index is -1.63. The quantitative estimate of drug-likeness (QED) is 0.379. The zero-order chi connectivity index (χ0) is 21.6. The van der Waals surface area contributed by atoms with Crippen LogP contribution >= 0.6 is 0 Å². The lowest BCUT2D eigenvalue weighted by molar-refractivity contribution is -0.606. The van der Waals surface area contributed by atoms with Gasteiger partial charge >= 0.3 is 5.97 Å². The third kappa shape index (κ3) is 3.23. The highest BCUT2D eigenvalue weighted by Gasteiger charge is 2.54. The minimum Gasteiger partial charge on any atom is -0.619 e. The summed E-state index contributed by atoms with van der Waals surface area (Å²) >= 11 is 0. The number of benzene rings is 1. The first-order chi connectivity index (χ1) is 14.9. The lowest BCUT2D eigenvalue weighted by atomic mass is 9.73. The Kier molecular flexibility index (Phi) is 4.30. The number of para-hydroxylation sites is 1. The van der Waals surface area contributed by atoms with Crippen LogP contribution in [0.5, 0.6) is 0 Å². The fourth-order valence-electron chi connectivity index (χ4n) is 4.32. The molecule has 0 bridgehead atoms. The third-order valence-corrected chi connectivity index (χ3v) is 6.09. The molecule has 158 valence electrons. The van der Waals surface area contributed by atoms with Crippen molar-refractivity contribution in [1.82, 2.24) is 9.78 Å². The Balaban J connectivity index is 1.30. The lowest BCUT2D eigenvalue weighted by Crippen LogP contribution is -2.49. The maximum Gasteiger partial charge on any atom is 0.339 e. The van der Waals surface area contributed by atoms with E-state index in [-0.39, 0.29) is 25.7 Å². The molecule has 1 saturated carbocycles. The normalized spacial score (nSPS) is 24.6. The number of anilines is 1. The van der Waals surface area contributed by atoms with Gasteiger partial charge in [0.05, 0.1) is 16.8 Å². The number of carbonyl (C=O) groups is 2. The van der Waals surface area contributed by atoms with Gasteiger partial charge < -0.3 is 20.4 Å². The van der Waals surface area contributed by atoms with Crippen LogP contribution in [0.15, 0.2) is 61.1 Å². The molecule has 0 unspecified atom stereocenters. The van der Waals surface area contributed by atoms with Gasteiger partial charge in [-0.15, -0.1) is 0 Å². The molecular weight excluding hydrogens is 400 g/mol. The van der Waals surface area contributed by atoms with Gasteiger partial charge in [-0.25, -0.2) is 9.48 Å². The van der Waals surface area contributed by atoms with E-state index in [0.29, 0.717) is 21.7 Å². The summed E-state index contributed by atoms with van der Waals surface area (Å²) in [6.07, 6.45) is 4.94. The number of fused-ring (bicyclic) bond motifs is 2. The number of esters is 1. The van der Waals surface area contributed by atoms with Crippen molar-refractivity contribution in [3.63, 3.8) is 0 Å². The summed E-state index contributed by atoms with van der Waals surface area (Å²) in [5.41, 5.74) is -0.897. The number of amides is 1. The second kappa shape index (κ2) is 6.92. The molecule has 1 aromatic carbocycles. The first-order valence-electron chi connectivity index (χ1n) is 10.0. The highest BCUT2D eigenvalue weighted by molar-refractivity contribution is 5.97. The van der Waals surface area contributed by atoms with E-state index in [1.54, 1.807) is 16.9 Å². The first-order valence-corrected chi connectivity index (χ1v) is 10.0. The molecule has 0 atom stereocenters. The third-order valence-electron chi connectivity index (χ3n) is 6.09. The van der Waals surface area contributed by atoms with Gasteiger partial charge in [0, 0.05) is 18.3 Å². The standard InChI is InChI=1S/C22H20N4O5/c27-19-16-6-12-25(30)14-17(16)22(31-19)10-8-21(29,9-11-22)20(28)23-18-7-13-26(24-18)15-4-2-1-3-5-15/h1-7,12-14,29H,8-11H2,(H,23,24,28). The van der Waals surface area contributed by atoms with E-state index in [0.717, 1.165) is 5.69 Å². The molecular formula is C22H20N4O5. The van der Waals surface area contributed by atoms with Crippen LogP contribution in [-0.4, -0.2) is 32.4 Å². The van der Waals surface area contributed by atoms with E-state index in [1.807, 2.05) is 30.3 Å². The fourth-order valence-corrected chi connectivity index (χ4v) is 4.32. The molecule has 1 aliphatic heterocycles. The molecule has 1 spiro atoms. The molecule has 2 aliphatic rings. The van der Waals surface area contributed by atoms with Crippen LogP contribution in [0.4, 0.5) is 5.82 Å². The number of rotatable bonds is 3. The topological polar surface area (TPSA) is 120 Å². The summed E-state index contributed by atoms with van der Waals surface area (Å²) in [5, 5.41) is 29.7. The van der Waals surface area contributed by atoms with Crippen LogP contribution < -0.4 is 10.0 Å². The second-order valence-corrected chi connectivity index (χ2v) is 7.98. The molecule has 1 amide bonds. The van der Waals surface area contributed by atoms with Crippen LogP contribution in [0.2, 0.25) is 0 Å². The maximum absolute atomic E-state index is 12.8. The second-order valence-electron chi connectivity index (χ2n) is 7.98. The van der Waals surface area contributed by atoms with Gasteiger partial charge in [0.2, 0.25) is 0 Å². The number of ether oxygens (including phenoxy) is 1. The van der Waals surface area contributed by atoms with E-state index >= 15 is 0 Å². The van der Waals surface area contributed by atoms with Gasteiger partial charge in [-0.05, 0) is 37.8 Å². The van der Waals surface area contributed by atoms with Gasteiger partial charge in [0.15, 0.2) is 18.2 Å². The smallest absolute Gasteiger partial charge is 0.339 e. The van der Waals surface area contributed by atoms with Crippen molar-refractivity contribution < 1.29 is 24.2 Å². The van der Waals surface area contributed by atoms with E-state index in [2.05, 4.69) is 10.4 Å². The SMILES string of the molecule is O=C1OC2(CCC(O)(C(=O)Nc3ccn(-c4ccccc4)n3)CC2)c2c[n+]([O-])ccc21. The summed E-state index contributed by atoms with van der Waals surface area (Å²) in [5.74, 6) is -0.721. The summed E-state index contributed by atoms with van der Waals surface area (Å²) in [4.78, 5) is 25.1. The number of hydrogen-bond donors (Lipinski definition) is 2. The van der Waals surface area contributed by atoms with Crippen LogP contribution in [0, 0.1) is 5.21 Å². The number of aliphatic hydroxyl groups is 1. The van der Waals surface area contributed by atoms with Gasteiger partial charge in [-0.2, -0.15) is 9.83 Å². The van der Waals surface area contributed by atoms with Gasteiger partial charge in [0.1, 0.15) is 11.2 Å².